The van der Waals surface area contributed by atoms with E-state index in [1.807, 2.05) is 22.9 Å². The van der Waals surface area contributed by atoms with Crippen LogP contribution in [0.15, 0.2) is 58.6 Å². The van der Waals surface area contributed by atoms with Crippen molar-refractivity contribution in [3.05, 3.63) is 74.9 Å². The van der Waals surface area contributed by atoms with Gasteiger partial charge in [-0.2, -0.15) is 21.0 Å². The molecule has 0 aliphatic rings. The van der Waals surface area contributed by atoms with Crippen molar-refractivity contribution in [2.24, 2.45) is 0 Å². The first-order valence-electron chi connectivity index (χ1n) is 7.77. The van der Waals surface area contributed by atoms with Crippen molar-refractivity contribution in [3.63, 3.8) is 0 Å². The Kier molecular flexibility index (Phi) is 4.59. The summed E-state index contributed by atoms with van der Waals surface area (Å²) >= 11 is 3.02. The third-order valence-electron chi connectivity index (χ3n) is 3.68. The second-order valence-corrected chi connectivity index (χ2v) is 7.21. The molecule has 4 aromatic rings. The molecule has 4 rings (SSSR count). The highest BCUT2D eigenvalue weighted by Gasteiger charge is 2.20. The average Bonchev–Trinajstić information content (AvgIpc) is 3.40. The number of nitrogens with zero attached hydrogens (tertiary/aromatic N) is 3. The van der Waals surface area contributed by atoms with Crippen molar-refractivity contribution in [3.8, 4) is 11.4 Å². The minimum Gasteiger partial charge on any atom is -0.349 e. The third kappa shape index (κ3) is 3.29. The van der Waals surface area contributed by atoms with Crippen molar-refractivity contribution >= 4 is 34.5 Å². The van der Waals surface area contributed by atoms with E-state index in [4.69, 9.17) is 0 Å². The van der Waals surface area contributed by atoms with Crippen LogP contribution in [0.4, 0.5) is 10.3 Å². The van der Waals surface area contributed by atoms with Gasteiger partial charge in [0.05, 0.1) is 17.7 Å². The van der Waals surface area contributed by atoms with E-state index in [-0.39, 0.29) is 23.2 Å². The molecule has 26 heavy (non-hydrogen) atoms. The molecule has 0 aliphatic heterocycles. The Bertz CT molecular complexity index is 1030. The van der Waals surface area contributed by atoms with Crippen molar-refractivity contribution in [1.29, 1.82) is 0 Å². The van der Waals surface area contributed by atoms with Gasteiger partial charge in [0.2, 0.25) is 5.95 Å². The van der Waals surface area contributed by atoms with Crippen molar-refractivity contribution < 1.29 is 9.18 Å². The van der Waals surface area contributed by atoms with Gasteiger partial charge in [-0.05, 0) is 35.0 Å². The highest BCUT2D eigenvalue weighted by molar-refractivity contribution is 7.09. The highest BCUT2D eigenvalue weighted by atomic mass is 32.1. The minimum atomic E-state index is -0.433. The number of benzene rings is 1. The van der Waals surface area contributed by atoms with Gasteiger partial charge in [-0.3, -0.25) is 4.79 Å². The van der Waals surface area contributed by atoms with Gasteiger partial charge in [-0.1, -0.05) is 18.2 Å². The summed E-state index contributed by atoms with van der Waals surface area (Å²) in [6, 6.07) is 11.9. The van der Waals surface area contributed by atoms with Crippen LogP contribution in [0.3, 0.4) is 0 Å². The van der Waals surface area contributed by atoms with Gasteiger partial charge in [-0.25, -0.2) is 4.39 Å². The first-order valence-corrected chi connectivity index (χ1v) is 9.60. The predicted molar refractivity (Wildman–Crippen MR) is 101 cm³/mol. The van der Waals surface area contributed by atoms with Crippen LogP contribution in [0.5, 0.6) is 0 Å². The molecule has 0 aliphatic carbocycles. The number of hydrogen-bond acceptors (Lipinski definition) is 6. The lowest BCUT2D eigenvalue weighted by molar-refractivity contribution is 0.0948. The largest absolute Gasteiger partial charge is 0.349 e. The molecule has 3 heterocycles. The number of thiophene rings is 2. The Balaban J connectivity index is 1.72. The van der Waals surface area contributed by atoms with E-state index < -0.39 is 5.82 Å². The number of carbonyl (C=O) groups is 1. The lowest BCUT2D eigenvalue weighted by Gasteiger charge is -2.05. The highest BCUT2D eigenvalue weighted by Crippen LogP contribution is 2.22. The van der Waals surface area contributed by atoms with Crippen molar-refractivity contribution in [2.75, 3.05) is 5.32 Å². The first-order chi connectivity index (χ1) is 12.7. The molecule has 0 amide bonds. The quantitative estimate of drug-likeness (QED) is 0.550. The number of carbonyl (C=O) groups excluding carboxylic acids is 1. The van der Waals surface area contributed by atoms with Crippen LogP contribution in [-0.2, 0) is 6.54 Å². The molecule has 8 heteroatoms. The van der Waals surface area contributed by atoms with E-state index >= 15 is 0 Å². The van der Waals surface area contributed by atoms with Crippen molar-refractivity contribution in [2.45, 2.75) is 6.54 Å². The summed E-state index contributed by atoms with van der Waals surface area (Å²) in [6.07, 6.45) is 0. The molecule has 0 saturated heterocycles. The van der Waals surface area contributed by atoms with E-state index in [1.165, 1.54) is 22.1 Å². The van der Waals surface area contributed by atoms with Gasteiger partial charge in [0.1, 0.15) is 5.82 Å². The molecule has 0 radical (unpaired) electrons. The standard InChI is InChI=1S/C18H13FN4OS2/c19-15-6-2-1-5-14(15)16-21-18(20-10-13-4-3-8-26-13)23(22-16)17(24)12-7-9-25-11-12/h1-9,11H,10H2,(H,20,21,22). The fourth-order valence-electron chi connectivity index (χ4n) is 2.41. The van der Waals surface area contributed by atoms with E-state index in [0.29, 0.717) is 12.1 Å². The lowest BCUT2D eigenvalue weighted by Crippen LogP contribution is -2.16. The molecule has 3 aromatic heterocycles. The zero-order valence-electron chi connectivity index (χ0n) is 13.4. The average molecular weight is 384 g/mol. The van der Waals surface area contributed by atoms with Crippen LogP contribution in [0.2, 0.25) is 0 Å². The maximum atomic E-state index is 14.1. The van der Waals surface area contributed by atoms with Crippen LogP contribution in [-0.4, -0.2) is 20.7 Å². The summed E-state index contributed by atoms with van der Waals surface area (Å²) in [4.78, 5) is 18.2. The molecule has 1 N–H and O–H groups in total. The van der Waals surface area contributed by atoms with E-state index in [9.17, 15) is 9.18 Å². The summed E-state index contributed by atoms with van der Waals surface area (Å²) in [7, 11) is 0. The molecule has 0 spiro atoms. The molecular weight excluding hydrogens is 371 g/mol. The lowest BCUT2D eigenvalue weighted by atomic mass is 10.2. The summed E-state index contributed by atoms with van der Waals surface area (Å²) in [6.45, 7) is 0.504. The molecule has 0 fully saturated rings. The van der Waals surface area contributed by atoms with Gasteiger partial charge in [-0.15, -0.1) is 16.4 Å². The van der Waals surface area contributed by atoms with Crippen molar-refractivity contribution in [1.82, 2.24) is 14.8 Å². The summed E-state index contributed by atoms with van der Waals surface area (Å²) in [5.41, 5.74) is 0.766. The zero-order valence-corrected chi connectivity index (χ0v) is 15.1. The smallest absolute Gasteiger partial charge is 0.282 e. The SMILES string of the molecule is O=C(c1ccsc1)n1nc(-c2ccccc2F)nc1NCc1cccs1. The predicted octanol–water partition coefficient (Wildman–Crippen LogP) is 4.51. The number of hydrogen-bond donors (Lipinski definition) is 1. The number of nitrogens with one attached hydrogen (secondary N) is 1. The van der Waals surface area contributed by atoms with Crippen LogP contribution in [0, 0.1) is 5.82 Å². The summed E-state index contributed by atoms with van der Waals surface area (Å²) < 4.78 is 15.3. The molecule has 130 valence electrons. The van der Waals surface area contributed by atoms with Gasteiger partial charge < -0.3 is 5.32 Å². The Labute approximate surface area is 156 Å². The number of halogens is 1. The van der Waals surface area contributed by atoms with Gasteiger partial charge in [0.15, 0.2) is 5.82 Å². The topological polar surface area (TPSA) is 59.8 Å². The Morgan fingerprint density at radius 3 is 2.77 bits per heavy atom. The fraction of sp³-hybridized carbons (Fsp3) is 0.0556. The molecule has 0 atom stereocenters. The van der Waals surface area contributed by atoms with Crippen LogP contribution < -0.4 is 5.32 Å². The van der Waals surface area contributed by atoms with Crippen LogP contribution in [0.1, 0.15) is 15.2 Å². The number of anilines is 1. The van der Waals surface area contributed by atoms with Crippen LogP contribution >= 0.6 is 22.7 Å². The Hall–Kier alpha value is -2.84. The maximum absolute atomic E-state index is 14.1. The molecular formula is C18H13FN4OS2. The summed E-state index contributed by atoms with van der Waals surface area (Å²) in [5.74, 6) is -0.291. The zero-order chi connectivity index (χ0) is 17.9. The molecule has 5 nitrogen and oxygen atoms in total. The monoisotopic (exact) mass is 384 g/mol. The van der Waals surface area contributed by atoms with E-state index in [2.05, 4.69) is 15.4 Å². The molecule has 1 aromatic carbocycles. The number of aromatic nitrogens is 3. The third-order valence-corrected chi connectivity index (χ3v) is 5.24. The molecule has 0 bridgehead atoms. The Morgan fingerprint density at radius 1 is 1.15 bits per heavy atom. The first kappa shape index (κ1) is 16.6. The summed E-state index contributed by atoms with van der Waals surface area (Å²) in [5, 5.41) is 12.9. The second kappa shape index (κ2) is 7.19. The molecule has 0 saturated carbocycles. The second-order valence-electron chi connectivity index (χ2n) is 5.40. The number of rotatable bonds is 5. The fourth-order valence-corrected chi connectivity index (χ4v) is 3.69. The van der Waals surface area contributed by atoms with Gasteiger partial charge >= 0.3 is 0 Å². The van der Waals surface area contributed by atoms with Gasteiger partial charge in [0.25, 0.3) is 5.91 Å². The van der Waals surface area contributed by atoms with Gasteiger partial charge in [0, 0.05) is 10.3 Å². The van der Waals surface area contributed by atoms with Crippen LogP contribution in [0.25, 0.3) is 11.4 Å². The minimum absolute atomic E-state index is 0.167. The normalized spacial score (nSPS) is 10.8. The molecule has 0 unspecified atom stereocenters. The van der Waals surface area contributed by atoms with E-state index in [0.717, 1.165) is 4.88 Å². The van der Waals surface area contributed by atoms with E-state index in [1.54, 1.807) is 41.0 Å². The Morgan fingerprint density at radius 2 is 2.04 bits per heavy atom. The maximum Gasteiger partial charge on any atom is 0.282 e.